The first-order valence-electron chi connectivity index (χ1n) is 10.5. The fourth-order valence-corrected chi connectivity index (χ4v) is 4.40. The fraction of sp³-hybridized carbons (Fsp3) is 0.455. The van der Waals surface area contributed by atoms with Crippen molar-refractivity contribution in [1.29, 1.82) is 0 Å². The first-order chi connectivity index (χ1) is 15.2. The van der Waals surface area contributed by atoms with Gasteiger partial charge in [0, 0.05) is 42.7 Å². The Labute approximate surface area is 185 Å². The summed E-state index contributed by atoms with van der Waals surface area (Å²) in [6.45, 7) is 3.35. The molecule has 3 heterocycles. The quantitative estimate of drug-likeness (QED) is 0.680. The van der Waals surface area contributed by atoms with Crippen molar-refractivity contribution in [2.45, 2.75) is 31.9 Å². The number of nitrogens with zero attached hydrogens (tertiary/aromatic N) is 1. The lowest BCUT2D eigenvalue weighted by Crippen LogP contribution is -2.43. The molecule has 0 bridgehead atoms. The largest absolute Gasteiger partial charge is 0.490 e. The van der Waals surface area contributed by atoms with Crippen LogP contribution in [0.25, 0.3) is 0 Å². The number of fused-ring (bicyclic) bond motifs is 1. The summed E-state index contributed by atoms with van der Waals surface area (Å²) in [6.07, 6.45) is 2.97. The second-order valence-electron chi connectivity index (χ2n) is 7.60. The van der Waals surface area contributed by atoms with Gasteiger partial charge in [0.15, 0.2) is 11.5 Å². The summed E-state index contributed by atoms with van der Waals surface area (Å²) in [5.74, 6) is 0.875. The van der Waals surface area contributed by atoms with Crippen molar-refractivity contribution in [3.8, 4) is 11.5 Å². The molecule has 2 N–H and O–H groups in total. The molecule has 0 spiro atoms. The number of ether oxygens (including phenoxy) is 3. The van der Waals surface area contributed by atoms with Crippen molar-refractivity contribution in [3.05, 3.63) is 40.6 Å². The van der Waals surface area contributed by atoms with Crippen LogP contribution in [0, 0.1) is 0 Å². The standard InChI is InChI=1S/C22H27N3O5S/c26-21(15-25(13-17-4-1-8-28-17)14-18-5-2-11-31-18)24-22(27)23-16-6-7-19-20(12-16)30-10-3-9-29-19/h2,5-7,11-12,17H,1,3-4,8-10,13-15H2,(H2,23,24,26,27). The number of carbonyl (C=O) groups is 2. The molecule has 2 aliphatic rings. The molecule has 8 nitrogen and oxygen atoms in total. The SMILES string of the molecule is O=C(CN(Cc1cccs1)CC1CCCO1)NC(=O)Nc1ccc2c(c1)OCCCO2. The molecule has 166 valence electrons. The van der Waals surface area contributed by atoms with E-state index in [1.54, 1.807) is 29.5 Å². The third-order valence-corrected chi connectivity index (χ3v) is 5.93. The van der Waals surface area contributed by atoms with Crippen LogP contribution in [0.3, 0.4) is 0 Å². The molecule has 9 heteroatoms. The van der Waals surface area contributed by atoms with Crippen LogP contribution >= 0.6 is 11.3 Å². The predicted molar refractivity (Wildman–Crippen MR) is 118 cm³/mol. The van der Waals surface area contributed by atoms with Crippen molar-refractivity contribution >= 4 is 29.0 Å². The van der Waals surface area contributed by atoms with Gasteiger partial charge in [0.05, 0.1) is 25.9 Å². The lowest BCUT2D eigenvalue weighted by Gasteiger charge is -2.24. The summed E-state index contributed by atoms with van der Waals surface area (Å²) >= 11 is 1.65. The number of hydrogen-bond acceptors (Lipinski definition) is 7. The number of urea groups is 1. The van der Waals surface area contributed by atoms with E-state index >= 15 is 0 Å². The van der Waals surface area contributed by atoms with Gasteiger partial charge in [-0.3, -0.25) is 15.0 Å². The maximum Gasteiger partial charge on any atom is 0.325 e. The van der Waals surface area contributed by atoms with Gasteiger partial charge in [0.1, 0.15) is 0 Å². The average molecular weight is 446 g/mol. The Kier molecular flexibility index (Phi) is 7.39. The van der Waals surface area contributed by atoms with E-state index in [0.717, 1.165) is 25.9 Å². The molecular formula is C22H27N3O5S. The number of carbonyl (C=O) groups excluding carboxylic acids is 2. The Hall–Kier alpha value is -2.62. The van der Waals surface area contributed by atoms with E-state index in [4.69, 9.17) is 14.2 Å². The summed E-state index contributed by atoms with van der Waals surface area (Å²) in [7, 11) is 0. The van der Waals surface area contributed by atoms with Crippen LogP contribution in [0.15, 0.2) is 35.7 Å². The van der Waals surface area contributed by atoms with E-state index in [-0.39, 0.29) is 18.6 Å². The van der Waals surface area contributed by atoms with E-state index in [0.29, 0.717) is 43.5 Å². The first-order valence-corrected chi connectivity index (χ1v) is 11.4. The molecule has 1 aromatic carbocycles. The first kappa shape index (κ1) is 21.6. The molecule has 3 amide bonds. The monoisotopic (exact) mass is 445 g/mol. The average Bonchev–Trinajstić information content (AvgIpc) is 3.38. The smallest absolute Gasteiger partial charge is 0.325 e. The van der Waals surface area contributed by atoms with E-state index in [1.807, 2.05) is 22.4 Å². The molecule has 2 aromatic rings. The molecule has 31 heavy (non-hydrogen) atoms. The Balaban J connectivity index is 1.31. The van der Waals surface area contributed by atoms with Gasteiger partial charge in [-0.25, -0.2) is 4.79 Å². The zero-order valence-corrected chi connectivity index (χ0v) is 18.1. The molecule has 1 saturated heterocycles. The highest BCUT2D eigenvalue weighted by Gasteiger charge is 2.22. The van der Waals surface area contributed by atoms with Crippen molar-refractivity contribution < 1.29 is 23.8 Å². The van der Waals surface area contributed by atoms with Crippen molar-refractivity contribution in [2.75, 3.05) is 38.2 Å². The maximum atomic E-state index is 12.5. The molecular weight excluding hydrogens is 418 g/mol. The topological polar surface area (TPSA) is 89.1 Å². The van der Waals surface area contributed by atoms with Crippen LogP contribution in [0.2, 0.25) is 0 Å². The highest BCUT2D eigenvalue weighted by Crippen LogP contribution is 2.32. The Bertz CT molecular complexity index is 883. The highest BCUT2D eigenvalue weighted by atomic mass is 32.1. The van der Waals surface area contributed by atoms with Crippen LogP contribution in [0.5, 0.6) is 11.5 Å². The maximum absolute atomic E-state index is 12.5. The minimum Gasteiger partial charge on any atom is -0.490 e. The molecule has 1 atom stereocenters. The van der Waals surface area contributed by atoms with E-state index in [1.165, 1.54) is 4.88 Å². The van der Waals surface area contributed by atoms with Gasteiger partial charge in [-0.2, -0.15) is 0 Å². The number of anilines is 1. The van der Waals surface area contributed by atoms with Crippen molar-refractivity contribution in [1.82, 2.24) is 10.2 Å². The van der Waals surface area contributed by atoms with Crippen LogP contribution in [-0.4, -0.2) is 55.9 Å². The van der Waals surface area contributed by atoms with E-state index in [2.05, 4.69) is 10.6 Å². The van der Waals surface area contributed by atoms with Gasteiger partial charge >= 0.3 is 6.03 Å². The third kappa shape index (κ3) is 6.43. The summed E-state index contributed by atoms with van der Waals surface area (Å²) in [5, 5.41) is 7.12. The Morgan fingerprint density at radius 2 is 1.97 bits per heavy atom. The second-order valence-corrected chi connectivity index (χ2v) is 8.63. The van der Waals surface area contributed by atoms with E-state index < -0.39 is 6.03 Å². The van der Waals surface area contributed by atoms with Crippen LogP contribution < -0.4 is 20.1 Å². The lowest BCUT2D eigenvalue weighted by molar-refractivity contribution is -0.121. The summed E-state index contributed by atoms with van der Waals surface area (Å²) in [4.78, 5) is 28.1. The van der Waals surface area contributed by atoms with Gasteiger partial charge in [-0.15, -0.1) is 11.3 Å². The molecule has 0 aliphatic carbocycles. The Morgan fingerprint density at radius 3 is 2.74 bits per heavy atom. The van der Waals surface area contributed by atoms with Gasteiger partial charge in [0.25, 0.3) is 0 Å². The van der Waals surface area contributed by atoms with E-state index in [9.17, 15) is 9.59 Å². The second kappa shape index (κ2) is 10.6. The molecule has 1 unspecified atom stereocenters. The minimum absolute atomic E-state index is 0.117. The molecule has 1 fully saturated rings. The molecule has 4 rings (SSSR count). The molecule has 0 radical (unpaired) electrons. The number of benzene rings is 1. The molecule has 2 aliphatic heterocycles. The number of rotatable bonds is 7. The number of amides is 3. The van der Waals surface area contributed by atoms with Crippen molar-refractivity contribution in [2.24, 2.45) is 0 Å². The molecule has 1 aromatic heterocycles. The minimum atomic E-state index is -0.576. The zero-order chi connectivity index (χ0) is 21.5. The van der Waals surface area contributed by atoms with Crippen LogP contribution in [0.4, 0.5) is 10.5 Å². The van der Waals surface area contributed by atoms with Gasteiger partial charge < -0.3 is 19.5 Å². The van der Waals surface area contributed by atoms with Crippen LogP contribution in [-0.2, 0) is 16.1 Å². The predicted octanol–water partition coefficient (Wildman–Crippen LogP) is 3.24. The third-order valence-electron chi connectivity index (χ3n) is 5.07. The number of hydrogen-bond donors (Lipinski definition) is 2. The lowest BCUT2D eigenvalue weighted by atomic mass is 10.2. The van der Waals surface area contributed by atoms with Crippen molar-refractivity contribution in [3.63, 3.8) is 0 Å². The molecule has 0 saturated carbocycles. The normalized spacial score (nSPS) is 17.9. The van der Waals surface area contributed by atoms with Gasteiger partial charge in [0.2, 0.25) is 5.91 Å². The van der Waals surface area contributed by atoms with Crippen LogP contribution in [0.1, 0.15) is 24.1 Å². The zero-order valence-electron chi connectivity index (χ0n) is 17.3. The summed E-state index contributed by atoms with van der Waals surface area (Å²) in [6, 6.07) is 8.63. The summed E-state index contributed by atoms with van der Waals surface area (Å²) < 4.78 is 17.0. The fourth-order valence-electron chi connectivity index (χ4n) is 3.66. The number of thiophene rings is 1. The highest BCUT2D eigenvalue weighted by molar-refractivity contribution is 7.09. The number of imide groups is 1. The van der Waals surface area contributed by atoms with Gasteiger partial charge in [-0.05, 0) is 36.4 Å². The van der Waals surface area contributed by atoms with Gasteiger partial charge in [-0.1, -0.05) is 6.07 Å². The summed E-state index contributed by atoms with van der Waals surface area (Å²) in [5.41, 5.74) is 0.532. The number of nitrogens with one attached hydrogen (secondary N) is 2. The Morgan fingerprint density at radius 1 is 1.10 bits per heavy atom.